The third-order valence-corrected chi connectivity index (χ3v) is 5.51. The van der Waals surface area contributed by atoms with E-state index in [9.17, 15) is 13.2 Å². The van der Waals surface area contributed by atoms with Crippen molar-refractivity contribution in [3.05, 3.63) is 77.2 Å². The van der Waals surface area contributed by atoms with E-state index >= 15 is 0 Å². The highest BCUT2D eigenvalue weighted by Gasteiger charge is 2.29. The van der Waals surface area contributed by atoms with Crippen LogP contribution in [-0.2, 0) is 26.6 Å². The van der Waals surface area contributed by atoms with Crippen molar-refractivity contribution in [2.24, 2.45) is 0 Å². The molecular formula is C20H20N2O3S. The fourth-order valence-electron chi connectivity index (χ4n) is 2.39. The van der Waals surface area contributed by atoms with Crippen molar-refractivity contribution in [2.45, 2.75) is 30.7 Å². The van der Waals surface area contributed by atoms with E-state index in [0.717, 1.165) is 17.0 Å². The van der Waals surface area contributed by atoms with Gasteiger partial charge in [-0.25, -0.2) is 8.42 Å². The molecule has 134 valence electrons. The minimum atomic E-state index is -3.65. The monoisotopic (exact) mass is 368 g/mol. The zero-order valence-corrected chi connectivity index (χ0v) is 15.5. The Morgan fingerprint density at radius 3 is 2.31 bits per heavy atom. The van der Waals surface area contributed by atoms with Gasteiger partial charge in [0.1, 0.15) is 0 Å². The van der Waals surface area contributed by atoms with Gasteiger partial charge in [0, 0.05) is 18.0 Å². The van der Waals surface area contributed by atoms with Crippen LogP contribution in [0, 0.1) is 11.3 Å². The fraction of sp³-hybridized carbons (Fsp3) is 0.200. The van der Waals surface area contributed by atoms with Gasteiger partial charge in [0.25, 0.3) is 0 Å². The van der Waals surface area contributed by atoms with Crippen LogP contribution in [0.1, 0.15) is 25.0 Å². The van der Waals surface area contributed by atoms with Gasteiger partial charge in [-0.3, -0.25) is 4.79 Å². The lowest BCUT2D eigenvalue weighted by Gasteiger charge is -2.24. The number of rotatable bonds is 6. The van der Waals surface area contributed by atoms with E-state index < -0.39 is 15.3 Å². The zero-order valence-electron chi connectivity index (χ0n) is 14.6. The van der Waals surface area contributed by atoms with Gasteiger partial charge < -0.3 is 5.32 Å². The Morgan fingerprint density at radius 2 is 1.73 bits per heavy atom. The third-order valence-electron chi connectivity index (χ3n) is 4.09. The number of sulfone groups is 1. The van der Waals surface area contributed by atoms with Crippen LogP contribution in [0.3, 0.4) is 0 Å². The molecule has 0 fully saturated rings. The molecule has 2 aromatic rings. The molecule has 0 spiro atoms. The lowest BCUT2D eigenvalue weighted by Crippen LogP contribution is -2.39. The molecule has 6 heteroatoms. The van der Waals surface area contributed by atoms with Crippen LogP contribution in [0.2, 0.25) is 0 Å². The number of carbonyl (C=O) groups is 1. The molecule has 5 nitrogen and oxygen atoms in total. The average molecular weight is 368 g/mol. The van der Waals surface area contributed by atoms with Crippen molar-refractivity contribution in [1.29, 1.82) is 5.26 Å². The Bertz CT molecular complexity index is 939. The number of nitriles is 1. The average Bonchev–Trinajstić information content (AvgIpc) is 2.65. The van der Waals surface area contributed by atoms with Crippen LogP contribution >= 0.6 is 0 Å². The van der Waals surface area contributed by atoms with Gasteiger partial charge in [-0.15, -0.1) is 0 Å². The normalized spacial score (nSPS) is 11.9. The maximum absolute atomic E-state index is 12.6. The molecule has 1 amide bonds. The number of hydrogen-bond donors (Lipinski definition) is 1. The molecular weight excluding hydrogens is 348 g/mol. The summed E-state index contributed by atoms with van der Waals surface area (Å²) in [4.78, 5) is 12.7. The molecule has 0 heterocycles. The molecule has 0 bridgehead atoms. The minimum absolute atomic E-state index is 0.0771. The molecule has 0 unspecified atom stereocenters. The summed E-state index contributed by atoms with van der Waals surface area (Å²) in [5.41, 5.74) is 0.883. The van der Waals surface area contributed by atoms with E-state index in [4.69, 9.17) is 5.26 Å². The van der Waals surface area contributed by atoms with Crippen LogP contribution in [0.5, 0.6) is 0 Å². The molecule has 0 saturated heterocycles. The van der Waals surface area contributed by atoms with Gasteiger partial charge in [0.2, 0.25) is 15.7 Å². The second kappa shape index (κ2) is 7.98. The van der Waals surface area contributed by atoms with Gasteiger partial charge in [-0.05, 0) is 37.1 Å². The standard InChI is InChI=1S/C20H20N2O3S/c1-20(2,19(23)22-15-16-7-4-3-5-8-16)17-9-11-18(12-10-17)26(24,25)14-6-13-21/h3-12,14H,15H2,1-2H3,(H,22,23)/b14-6+. The van der Waals surface area contributed by atoms with Crippen LogP contribution < -0.4 is 5.32 Å². The van der Waals surface area contributed by atoms with Gasteiger partial charge >= 0.3 is 0 Å². The largest absolute Gasteiger partial charge is 0.351 e. The van der Waals surface area contributed by atoms with Crippen molar-refractivity contribution < 1.29 is 13.2 Å². The summed E-state index contributed by atoms with van der Waals surface area (Å²) in [6.45, 7) is 3.99. The van der Waals surface area contributed by atoms with Gasteiger partial charge in [0.05, 0.1) is 16.4 Å². The van der Waals surface area contributed by atoms with Crippen LogP contribution in [0.25, 0.3) is 0 Å². The van der Waals surface area contributed by atoms with Gasteiger partial charge in [-0.1, -0.05) is 42.5 Å². The van der Waals surface area contributed by atoms with Crippen molar-refractivity contribution in [1.82, 2.24) is 5.32 Å². The highest BCUT2D eigenvalue weighted by atomic mass is 32.2. The summed E-state index contributed by atoms with van der Waals surface area (Å²) in [5.74, 6) is -0.152. The molecule has 2 rings (SSSR count). The van der Waals surface area contributed by atoms with Crippen molar-refractivity contribution in [3.63, 3.8) is 0 Å². The summed E-state index contributed by atoms with van der Waals surface area (Å²) in [7, 11) is -3.65. The first-order valence-corrected chi connectivity index (χ1v) is 9.56. The minimum Gasteiger partial charge on any atom is -0.351 e. The Morgan fingerprint density at radius 1 is 1.12 bits per heavy atom. The molecule has 0 aliphatic heterocycles. The molecule has 0 aromatic heterocycles. The van der Waals surface area contributed by atoms with Gasteiger partial charge in [0.15, 0.2) is 0 Å². The highest BCUT2D eigenvalue weighted by Crippen LogP contribution is 2.25. The summed E-state index contributed by atoms with van der Waals surface area (Å²) < 4.78 is 24.1. The lowest BCUT2D eigenvalue weighted by molar-refractivity contribution is -0.125. The van der Waals surface area contributed by atoms with Crippen LogP contribution in [0.15, 0.2) is 71.0 Å². The van der Waals surface area contributed by atoms with Crippen molar-refractivity contribution in [3.8, 4) is 6.07 Å². The molecule has 0 atom stereocenters. The van der Waals surface area contributed by atoms with E-state index in [0.29, 0.717) is 12.1 Å². The number of hydrogen-bond acceptors (Lipinski definition) is 4. The number of allylic oxidation sites excluding steroid dienone is 1. The second-order valence-corrected chi connectivity index (χ2v) is 8.13. The molecule has 0 radical (unpaired) electrons. The Balaban J connectivity index is 2.14. The van der Waals surface area contributed by atoms with Crippen molar-refractivity contribution in [2.75, 3.05) is 0 Å². The maximum atomic E-state index is 12.6. The summed E-state index contributed by atoms with van der Waals surface area (Å²) in [5, 5.41) is 12.2. The second-order valence-electron chi connectivity index (χ2n) is 6.29. The molecule has 1 N–H and O–H groups in total. The number of carbonyl (C=O) groups excluding carboxylic acids is 1. The highest BCUT2D eigenvalue weighted by molar-refractivity contribution is 7.94. The predicted molar refractivity (Wildman–Crippen MR) is 99.7 cm³/mol. The first kappa shape index (κ1) is 19.4. The van der Waals surface area contributed by atoms with E-state index in [1.165, 1.54) is 12.1 Å². The maximum Gasteiger partial charge on any atom is 0.230 e. The number of amides is 1. The Hall–Kier alpha value is -2.91. The smallest absolute Gasteiger partial charge is 0.230 e. The molecule has 0 aliphatic carbocycles. The Kier molecular flexibility index (Phi) is 5.96. The van der Waals surface area contributed by atoms with Gasteiger partial charge in [-0.2, -0.15) is 5.26 Å². The summed E-state index contributed by atoms with van der Waals surface area (Å²) >= 11 is 0. The summed E-state index contributed by atoms with van der Waals surface area (Å²) in [6, 6.07) is 17.4. The number of benzene rings is 2. The van der Waals surface area contributed by atoms with E-state index in [1.54, 1.807) is 32.0 Å². The lowest BCUT2D eigenvalue weighted by atomic mass is 9.83. The topological polar surface area (TPSA) is 87.0 Å². The zero-order chi connectivity index (χ0) is 19.2. The first-order valence-electron chi connectivity index (χ1n) is 8.01. The quantitative estimate of drug-likeness (QED) is 0.794. The van der Waals surface area contributed by atoms with Crippen molar-refractivity contribution >= 4 is 15.7 Å². The molecule has 0 saturated carbocycles. The third kappa shape index (κ3) is 4.58. The Labute approximate surface area is 153 Å². The summed E-state index contributed by atoms with van der Waals surface area (Å²) in [6.07, 6.45) is 0.921. The van der Waals surface area contributed by atoms with E-state index in [1.807, 2.05) is 30.3 Å². The van der Waals surface area contributed by atoms with Crippen LogP contribution in [-0.4, -0.2) is 14.3 Å². The van der Waals surface area contributed by atoms with E-state index in [2.05, 4.69) is 5.32 Å². The molecule has 0 aliphatic rings. The SMILES string of the molecule is CC(C)(C(=O)NCc1ccccc1)c1ccc(S(=O)(=O)/C=C/C#N)cc1. The van der Waals surface area contributed by atoms with Crippen LogP contribution in [0.4, 0.5) is 0 Å². The molecule has 2 aromatic carbocycles. The molecule has 26 heavy (non-hydrogen) atoms. The first-order chi connectivity index (χ1) is 12.3. The predicted octanol–water partition coefficient (Wildman–Crippen LogP) is 3.09. The van der Waals surface area contributed by atoms with E-state index in [-0.39, 0.29) is 10.8 Å². The number of nitrogens with one attached hydrogen (secondary N) is 1. The number of nitrogens with zero attached hydrogens (tertiary/aromatic N) is 1. The fourth-order valence-corrected chi connectivity index (χ4v) is 3.30.